The van der Waals surface area contributed by atoms with E-state index in [1.165, 1.54) is 6.07 Å². The number of guanidine groups is 1. The lowest BCUT2D eigenvalue weighted by atomic mass is 9.83. The Balaban J connectivity index is 1.28. The number of hydrogen-bond donors (Lipinski definition) is 6. The SMILES string of the molecule is Cc1ccc(S(=O)(=O)NC(N)=NCCC[C@@](N)(OCc2ccccc2)C(=O)C2C(=O)N([C@H](C(=O)NCCCC[C@H](N)C(=O)OCc3ccccc3)C(OCc3ccccc3)C(=O)O)C2=O)c(C)c1C. The molecule has 69 heavy (non-hydrogen) atoms. The van der Waals surface area contributed by atoms with E-state index < -0.39 is 81.3 Å². The minimum absolute atomic E-state index is 0.0155. The van der Waals surface area contributed by atoms with E-state index in [4.69, 9.17) is 31.4 Å². The minimum Gasteiger partial charge on any atom is -0.479 e. The molecule has 4 aromatic rings. The van der Waals surface area contributed by atoms with Crippen LogP contribution in [-0.2, 0) is 72.8 Å². The summed E-state index contributed by atoms with van der Waals surface area (Å²) in [6.07, 6.45) is -1.70. The van der Waals surface area contributed by atoms with E-state index in [-0.39, 0.29) is 63.5 Å². The van der Waals surface area contributed by atoms with Gasteiger partial charge in [0, 0.05) is 13.1 Å². The summed E-state index contributed by atoms with van der Waals surface area (Å²) >= 11 is 0. The number of nitrogens with two attached hydrogens (primary N) is 3. The number of imide groups is 1. The molecule has 4 aromatic carbocycles. The molecular formula is C49H59N7O12S. The molecule has 3 amide bonds. The van der Waals surface area contributed by atoms with Crippen molar-refractivity contribution in [2.24, 2.45) is 28.1 Å². The van der Waals surface area contributed by atoms with Gasteiger partial charge < -0.3 is 36.1 Å². The fourth-order valence-corrected chi connectivity index (χ4v) is 8.67. The van der Waals surface area contributed by atoms with E-state index in [0.717, 1.165) is 16.7 Å². The first-order chi connectivity index (χ1) is 32.8. The van der Waals surface area contributed by atoms with Gasteiger partial charge in [-0.25, -0.2) is 17.9 Å². The zero-order valence-electron chi connectivity index (χ0n) is 38.7. The Kier molecular flexibility index (Phi) is 18.8. The number of carbonyl (C=O) groups is 6. The first-order valence-corrected chi connectivity index (χ1v) is 23.7. The molecule has 20 heteroatoms. The molecule has 1 fully saturated rings. The number of carboxylic acid groups (broad SMARTS) is 1. The predicted octanol–water partition coefficient (Wildman–Crippen LogP) is 2.81. The second kappa shape index (κ2) is 24.4. The Labute approximate surface area is 400 Å². The third kappa shape index (κ3) is 14.1. The number of nitrogens with zero attached hydrogens (tertiary/aromatic N) is 2. The highest BCUT2D eigenvalue weighted by atomic mass is 32.2. The molecule has 368 valence electrons. The number of nitrogens with one attached hydrogen (secondary N) is 2. The molecule has 19 nitrogen and oxygen atoms in total. The number of Topliss-reactive ketones (excluding diaryl/α,β-unsaturated/α-hetero) is 1. The largest absolute Gasteiger partial charge is 0.479 e. The summed E-state index contributed by atoms with van der Waals surface area (Å²) in [4.78, 5) is 86.1. The third-order valence-electron chi connectivity index (χ3n) is 11.6. The highest BCUT2D eigenvalue weighted by molar-refractivity contribution is 7.90. The average Bonchev–Trinajstić information content (AvgIpc) is 3.33. The fraction of sp³-hybridized carbons (Fsp3) is 0.367. The van der Waals surface area contributed by atoms with Crippen LogP contribution < -0.4 is 27.2 Å². The van der Waals surface area contributed by atoms with Crippen LogP contribution in [0.15, 0.2) is 113 Å². The number of aliphatic carboxylic acids is 1. The van der Waals surface area contributed by atoms with Gasteiger partial charge in [-0.1, -0.05) is 97.1 Å². The van der Waals surface area contributed by atoms with Crippen molar-refractivity contribution < 1.29 is 56.5 Å². The zero-order chi connectivity index (χ0) is 50.3. The first-order valence-electron chi connectivity index (χ1n) is 22.2. The van der Waals surface area contributed by atoms with Gasteiger partial charge in [0.2, 0.25) is 29.5 Å². The maximum Gasteiger partial charge on any atom is 0.335 e. The van der Waals surface area contributed by atoms with Crippen LogP contribution in [0.4, 0.5) is 0 Å². The number of sulfonamides is 1. The first kappa shape index (κ1) is 53.1. The van der Waals surface area contributed by atoms with Crippen LogP contribution >= 0.6 is 0 Å². The number of benzene rings is 4. The summed E-state index contributed by atoms with van der Waals surface area (Å²) < 4.78 is 45.5. The number of ether oxygens (including phenoxy) is 3. The van der Waals surface area contributed by atoms with Crippen molar-refractivity contribution in [1.82, 2.24) is 14.9 Å². The molecule has 1 aliphatic rings. The third-order valence-corrected chi connectivity index (χ3v) is 13.1. The molecule has 1 aliphatic heterocycles. The van der Waals surface area contributed by atoms with E-state index in [0.29, 0.717) is 28.0 Å². The van der Waals surface area contributed by atoms with Crippen molar-refractivity contribution in [3.05, 3.63) is 137 Å². The van der Waals surface area contributed by atoms with Gasteiger partial charge in [-0.05, 0) is 92.3 Å². The number of carbonyl (C=O) groups excluding carboxylic acids is 5. The summed E-state index contributed by atoms with van der Waals surface area (Å²) in [5, 5.41) is 12.9. The van der Waals surface area contributed by atoms with Gasteiger partial charge >= 0.3 is 11.9 Å². The van der Waals surface area contributed by atoms with Crippen LogP contribution in [0.2, 0.25) is 0 Å². The number of ketones is 1. The van der Waals surface area contributed by atoms with Crippen molar-refractivity contribution in [3.8, 4) is 0 Å². The summed E-state index contributed by atoms with van der Waals surface area (Å²) in [7, 11) is -4.12. The normalized spacial score (nSPS) is 15.3. The molecule has 9 N–H and O–H groups in total. The topological polar surface area (TPSA) is 302 Å². The summed E-state index contributed by atoms with van der Waals surface area (Å²) in [5.41, 5.74) is 20.4. The van der Waals surface area contributed by atoms with E-state index in [9.17, 15) is 42.3 Å². The van der Waals surface area contributed by atoms with Crippen molar-refractivity contribution in [2.75, 3.05) is 13.1 Å². The van der Waals surface area contributed by atoms with Gasteiger partial charge in [0.1, 0.15) is 12.6 Å². The number of aryl methyl sites for hydroxylation is 1. The standard InChI is InChI=1S/C49H59N7O12S/c1-31-23-24-38(33(3)32(31)2)69(64,65)55-48(51)54-27-15-25-49(52,68-30-36-20-11-6-12-21-36)42(57)39-44(59)56(45(39)60)40(41(46(61)62)66-28-34-16-7-4-8-17-34)43(58)53-26-14-13-22-37(50)47(63)67-29-35-18-9-5-10-19-35/h4-12,16-21,23-24,37,39-41H,13-15,22,25-30,50,52H2,1-3H3,(H,53,58)(H,61,62)(H3,51,54,55)/t37-,40-,41?,49+/m0/s1. The van der Waals surface area contributed by atoms with Gasteiger partial charge in [0.05, 0.1) is 18.1 Å². The maximum atomic E-state index is 14.3. The fourth-order valence-electron chi connectivity index (χ4n) is 7.42. The molecule has 4 atom stereocenters. The van der Waals surface area contributed by atoms with Gasteiger partial charge in [-0.2, -0.15) is 0 Å². The Morgan fingerprint density at radius 1 is 0.797 bits per heavy atom. The minimum atomic E-state index is -4.12. The van der Waals surface area contributed by atoms with Gasteiger partial charge in [0.25, 0.3) is 10.0 Å². The lowest BCUT2D eigenvalue weighted by molar-refractivity contribution is -0.186. The van der Waals surface area contributed by atoms with Crippen LogP contribution in [-0.4, -0.2) is 96.8 Å². The Morgan fingerprint density at radius 2 is 1.36 bits per heavy atom. The molecule has 0 bridgehead atoms. The van der Waals surface area contributed by atoms with Crippen molar-refractivity contribution in [2.45, 2.75) is 102 Å². The predicted molar refractivity (Wildman–Crippen MR) is 253 cm³/mol. The monoisotopic (exact) mass is 969 g/mol. The lowest BCUT2D eigenvalue weighted by Gasteiger charge is -2.43. The maximum absolute atomic E-state index is 14.3. The number of β-lactam (4-membered cyclic amide) rings is 2. The number of hydrogen-bond acceptors (Lipinski definition) is 14. The number of amides is 3. The molecule has 0 aliphatic carbocycles. The molecule has 1 unspecified atom stereocenters. The van der Waals surface area contributed by atoms with Gasteiger partial charge in [-0.3, -0.25) is 39.6 Å². The average molecular weight is 970 g/mol. The van der Waals surface area contributed by atoms with Gasteiger partial charge in [0.15, 0.2) is 23.8 Å². The Hall–Kier alpha value is -6.84. The van der Waals surface area contributed by atoms with Crippen LogP contribution in [0.1, 0.15) is 65.5 Å². The molecule has 0 radical (unpaired) electrons. The summed E-state index contributed by atoms with van der Waals surface area (Å²) in [6, 6.07) is 26.1. The highest BCUT2D eigenvalue weighted by Crippen LogP contribution is 2.32. The molecule has 0 spiro atoms. The van der Waals surface area contributed by atoms with E-state index >= 15 is 0 Å². The quantitative estimate of drug-likeness (QED) is 0.0100. The summed E-state index contributed by atoms with van der Waals surface area (Å²) in [5.74, 6) is -9.47. The number of likely N-dealkylation sites (tertiary alicyclic amines) is 1. The molecule has 0 saturated carbocycles. The Morgan fingerprint density at radius 3 is 1.94 bits per heavy atom. The number of rotatable bonds is 26. The van der Waals surface area contributed by atoms with Crippen molar-refractivity contribution in [1.29, 1.82) is 0 Å². The van der Waals surface area contributed by atoms with Crippen LogP contribution in [0.5, 0.6) is 0 Å². The van der Waals surface area contributed by atoms with Crippen LogP contribution in [0.3, 0.4) is 0 Å². The summed E-state index contributed by atoms with van der Waals surface area (Å²) in [6.45, 7) is 4.56. The molecule has 0 aromatic heterocycles. The molecule has 1 saturated heterocycles. The van der Waals surface area contributed by atoms with Crippen molar-refractivity contribution >= 4 is 51.4 Å². The van der Waals surface area contributed by atoms with Crippen molar-refractivity contribution in [3.63, 3.8) is 0 Å². The molecule has 5 rings (SSSR count). The second-order valence-electron chi connectivity index (χ2n) is 16.6. The Bertz CT molecular complexity index is 2590. The number of carboxylic acids is 1. The van der Waals surface area contributed by atoms with E-state index in [1.54, 1.807) is 92.7 Å². The number of unbranched alkanes of at least 4 members (excludes halogenated alkanes) is 1. The van der Waals surface area contributed by atoms with E-state index in [2.05, 4.69) is 15.0 Å². The highest BCUT2D eigenvalue weighted by Gasteiger charge is 2.61. The smallest absolute Gasteiger partial charge is 0.335 e. The van der Waals surface area contributed by atoms with Crippen LogP contribution in [0, 0.1) is 26.7 Å². The van der Waals surface area contributed by atoms with E-state index in [1.807, 2.05) is 25.1 Å². The zero-order valence-corrected chi connectivity index (χ0v) is 39.5. The molecular weight excluding hydrogens is 911 g/mol. The number of esters is 1. The second-order valence-corrected chi connectivity index (χ2v) is 18.3. The van der Waals surface area contributed by atoms with Gasteiger partial charge in [-0.15, -0.1) is 0 Å². The lowest BCUT2D eigenvalue weighted by Crippen LogP contribution is -2.73. The molecule has 1 heterocycles. The van der Waals surface area contributed by atoms with Crippen LogP contribution in [0.25, 0.3) is 0 Å². The number of aliphatic imine (C=N–C) groups is 1.